The van der Waals surface area contributed by atoms with E-state index in [1.54, 1.807) is 6.92 Å². The molecular formula is C7H20O5Si2. The van der Waals surface area contributed by atoms with Crippen LogP contribution in [0.1, 0.15) is 33.1 Å². The van der Waals surface area contributed by atoms with Gasteiger partial charge in [0.1, 0.15) is 0 Å². The topological polar surface area (TPSA) is 90.2 Å². The van der Waals surface area contributed by atoms with Crippen LogP contribution in [0.4, 0.5) is 0 Å². The van der Waals surface area contributed by atoms with Gasteiger partial charge in [-0.15, -0.1) is 0 Å². The summed E-state index contributed by atoms with van der Waals surface area (Å²) in [6.07, 6.45) is 1.99. The second-order valence-electron chi connectivity index (χ2n) is 3.44. The van der Waals surface area contributed by atoms with Gasteiger partial charge in [-0.2, -0.15) is 0 Å². The fourth-order valence-electron chi connectivity index (χ4n) is 1.10. The predicted octanol–water partition coefficient (Wildman–Crippen LogP) is 0.0601. The van der Waals surface area contributed by atoms with Crippen molar-refractivity contribution in [2.75, 3.05) is 0 Å². The highest BCUT2D eigenvalue weighted by Crippen LogP contribution is 2.16. The summed E-state index contributed by atoms with van der Waals surface area (Å²) in [5.41, 5.74) is 0. The fraction of sp³-hybridized carbons (Fsp3) is 1.00. The van der Waals surface area contributed by atoms with E-state index >= 15 is 0 Å². The van der Waals surface area contributed by atoms with E-state index in [1.807, 2.05) is 6.92 Å². The molecule has 0 amide bonds. The number of hydrogen-bond acceptors (Lipinski definition) is 5. The summed E-state index contributed by atoms with van der Waals surface area (Å²) < 4.78 is 4.67. The molecular weight excluding hydrogens is 220 g/mol. The van der Waals surface area contributed by atoms with Gasteiger partial charge in [-0.25, -0.2) is 0 Å². The Labute approximate surface area is 86.7 Å². The molecule has 14 heavy (non-hydrogen) atoms. The van der Waals surface area contributed by atoms with E-state index in [0.717, 1.165) is 6.42 Å². The van der Waals surface area contributed by atoms with Crippen LogP contribution in [0.5, 0.6) is 0 Å². The summed E-state index contributed by atoms with van der Waals surface area (Å²) in [5.74, 6) is 0. The van der Waals surface area contributed by atoms with Crippen LogP contribution in [0.15, 0.2) is 0 Å². The van der Waals surface area contributed by atoms with Gasteiger partial charge in [-0.3, -0.25) is 0 Å². The molecule has 0 spiro atoms. The van der Waals surface area contributed by atoms with Gasteiger partial charge >= 0.3 is 17.6 Å². The van der Waals surface area contributed by atoms with Crippen LogP contribution >= 0.6 is 0 Å². The minimum absolute atomic E-state index is 0.106. The summed E-state index contributed by atoms with van der Waals surface area (Å²) in [6, 6.07) is 0.234. The monoisotopic (exact) mass is 240 g/mol. The van der Waals surface area contributed by atoms with Crippen LogP contribution in [-0.4, -0.2) is 36.8 Å². The summed E-state index contributed by atoms with van der Waals surface area (Å²) in [7, 11) is -7.66. The molecule has 0 saturated carbocycles. The van der Waals surface area contributed by atoms with Gasteiger partial charge < -0.3 is 23.3 Å². The first-order chi connectivity index (χ1) is 6.33. The zero-order valence-corrected chi connectivity index (χ0v) is 10.7. The second-order valence-corrected chi connectivity index (χ2v) is 8.23. The Hall–Kier alpha value is 0.234. The summed E-state index contributed by atoms with van der Waals surface area (Å²) >= 11 is 0. The van der Waals surface area contributed by atoms with E-state index in [1.165, 1.54) is 0 Å². The van der Waals surface area contributed by atoms with E-state index in [2.05, 4.69) is 4.12 Å². The van der Waals surface area contributed by atoms with Gasteiger partial charge in [0.25, 0.3) is 0 Å². The molecule has 0 saturated heterocycles. The van der Waals surface area contributed by atoms with Gasteiger partial charge in [-0.1, -0.05) is 26.7 Å². The van der Waals surface area contributed by atoms with Crippen molar-refractivity contribution < 1.29 is 23.3 Å². The molecule has 0 aromatic carbocycles. The normalized spacial score (nSPS) is 13.3. The zero-order chi connectivity index (χ0) is 11.2. The van der Waals surface area contributed by atoms with Crippen LogP contribution in [-0.2, 0) is 4.12 Å². The highest BCUT2D eigenvalue weighted by Gasteiger charge is 2.44. The number of rotatable bonds is 7. The molecule has 0 aliphatic rings. The minimum atomic E-state index is -3.84. The third-order valence-corrected chi connectivity index (χ3v) is 6.53. The molecule has 0 atom stereocenters. The molecule has 0 bridgehead atoms. The van der Waals surface area contributed by atoms with Crippen molar-refractivity contribution >= 4 is 17.6 Å². The Kier molecular flexibility index (Phi) is 6.06. The third-order valence-electron chi connectivity index (χ3n) is 1.76. The van der Waals surface area contributed by atoms with Gasteiger partial charge in [0, 0.05) is 12.1 Å². The van der Waals surface area contributed by atoms with Crippen molar-refractivity contribution in [3.05, 3.63) is 0 Å². The lowest BCUT2D eigenvalue weighted by atomic mass is 10.4. The minimum Gasteiger partial charge on any atom is -0.390 e. The standard InChI is InChI=1S/C7H20O5Si2/c1-3-5-7-14(10,11)12-13(8,9)6-4-2/h8-11H,3-7H2,1-2H3. The summed E-state index contributed by atoms with van der Waals surface area (Å²) in [5, 5.41) is 0. The molecule has 0 radical (unpaired) electrons. The van der Waals surface area contributed by atoms with E-state index in [-0.39, 0.29) is 12.1 Å². The third kappa shape index (κ3) is 6.65. The maximum Gasteiger partial charge on any atom is 0.488 e. The second kappa shape index (κ2) is 5.96. The molecule has 5 nitrogen and oxygen atoms in total. The highest BCUT2D eigenvalue weighted by atomic mass is 28.5. The molecule has 0 fully saturated rings. The smallest absolute Gasteiger partial charge is 0.390 e. The first-order valence-corrected chi connectivity index (χ1v) is 8.94. The summed E-state index contributed by atoms with van der Waals surface area (Å²) in [6.45, 7) is 3.70. The SMILES string of the molecule is CCCC[Si](O)(O)O[Si](O)(O)CCC. The molecule has 86 valence electrons. The molecule has 7 heteroatoms. The van der Waals surface area contributed by atoms with E-state index in [4.69, 9.17) is 0 Å². The first kappa shape index (κ1) is 14.2. The Morgan fingerprint density at radius 1 is 0.857 bits per heavy atom. The lowest BCUT2D eigenvalue weighted by molar-refractivity contribution is 0.153. The van der Waals surface area contributed by atoms with Crippen LogP contribution in [0.2, 0.25) is 12.1 Å². The van der Waals surface area contributed by atoms with Crippen molar-refractivity contribution in [3.63, 3.8) is 0 Å². The average molecular weight is 240 g/mol. The Morgan fingerprint density at radius 2 is 1.36 bits per heavy atom. The van der Waals surface area contributed by atoms with E-state index < -0.39 is 17.6 Å². The number of hydrogen-bond donors (Lipinski definition) is 4. The van der Waals surface area contributed by atoms with Crippen LogP contribution in [0.3, 0.4) is 0 Å². The molecule has 0 aliphatic heterocycles. The van der Waals surface area contributed by atoms with Gasteiger partial charge in [0.05, 0.1) is 0 Å². The Balaban J connectivity index is 4.05. The first-order valence-electron chi connectivity index (χ1n) is 4.92. The molecule has 0 aromatic heterocycles. The van der Waals surface area contributed by atoms with Gasteiger partial charge in [0.2, 0.25) is 0 Å². The van der Waals surface area contributed by atoms with Crippen LogP contribution < -0.4 is 0 Å². The van der Waals surface area contributed by atoms with Crippen molar-refractivity contribution in [1.29, 1.82) is 0 Å². The summed E-state index contributed by atoms with van der Waals surface area (Å²) in [4.78, 5) is 37.5. The molecule has 0 rings (SSSR count). The van der Waals surface area contributed by atoms with Crippen LogP contribution in [0, 0.1) is 0 Å². The van der Waals surface area contributed by atoms with Crippen molar-refractivity contribution in [2.45, 2.75) is 45.2 Å². The van der Waals surface area contributed by atoms with Gasteiger partial charge in [-0.05, 0) is 6.42 Å². The Bertz CT molecular complexity index is 162. The average Bonchev–Trinajstić information content (AvgIpc) is 1.98. The number of unbranched alkanes of at least 4 members (excludes halogenated alkanes) is 1. The lowest BCUT2D eigenvalue weighted by Gasteiger charge is -2.25. The predicted molar refractivity (Wildman–Crippen MR) is 56.3 cm³/mol. The van der Waals surface area contributed by atoms with Gasteiger partial charge in [0.15, 0.2) is 0 Å². The lowest BCUT2D eigenvalue weighted by Crippen LogP contribution is -2.52. The quantitative estimate of drug-likeness (QED) is 0.473. The molecule has 0 heterocycles. The largest absolute Gasteiger partial charge is 0.488 e. The Morgan fingerprint density at radius 3 is 1.79 bits per heavy atom. The zero-order valence-electron chi connectivity index (χ0n) is 8.73. The molecule has 0 aliphatic carbocycles. The highest BCUT2D eigenvalue weighted by molar-refractivity contribution is 6.72. The molecule has 0 aromatic rings. The molecule has 4 N–H and O–H groups in total. The van der Waals surface area contributed by atoms with Crippen molar-refractivity contribution in [1.82, 2.24) is 0 Å². The molecule has 0 unspecified atom stereocenters. The maximum absolute atomic E-state index is 9.39. The van der Waals surface area contributed by atoms with E-state index in [9.17, 15) is 19.2 Å². The maximum atomic E-state index is 9.39. The van der Waals surface area contributed by atoms with Crippen molar-refractivity contribution in [2.24, 2.45) is 0 Å². The van der Waals surface area contributed by atoms with E-state index in [0.29, 0.717) is 12.8 Å². The fourth-order valence-corrected chi connectivity index (χ4v) is 5.47. The van der Waals surface area contributed by atoms with Crippen molar-refractivity contribution in [3.8, 4) is 0 Å². The van der Waals surface area contributed by atoms with Crippen LogP contribution in [0.25, 0.3) is 0 Å².